The Morgan fingerprint density at radius 1 is 1.17 bits per heavy atom. The second-order valence-corrected chi connectivity index (χ2v) is 7.59. The fourth-order valence-electron chi connectivity index (χ4n) is 5.09. The van der Waals surface area contributed by atoms with E-state index in [9.17, 15) is 4.79 Å². The average Bonchev–Trinajstić information content (AvgIpc) is 2.82. The molecular weight excluding hydrogens is 308 g/mol. The van der Waals surface area contributed by atoms with Crippen molar-refractivity contribution in [3.8, 4) is 0 Å². The lowest BCUT2D eigenvalue weighted by molar-refractivity contribution is -0.125. The Hall–Kier alpha value is -1.06. The molecule has 1 amide bonds. The Balaban J connectivity index is 0.00000156. The number of hydrogen-bond donors (Lipinski definition) is 1. The number of benzene rings is 1. The van der Waals surface area contributed by atoms with Gasteiger partial charge in [0, 0.05) is 23.7 Å². The zero-order valence-electron chi connectivity index (χ0n) is 13.8. The van der Waals surface area contributed by atoms with E-state index in [1.165, 1.54) is 24.8 Å². The van der Waals surface area contributed by atoms with Gasteiger partial charge in [-0.15, -0.1) is 12.4 Å². The SMILES string of the molecule is CC1Cc2ccccc2N1C(=O)C1CC2CCCC(C1)C2N.Cl. The molecule has 0 saturated heterocycles. The van der Waals surface area contributed by atoms with Crippen LogP contribution in [-0.2, 0) is 11.2 Å². The first kappa shape index (κ1) is 16.8. The highest BCUT2D eigenvalue weighted by atomic mass is 35.5. The molecular formula is C19H27ClN2O. The Kier molecular flexibility index (Phi) is 4.70. The monoisotopic (exact) mass is 334 g/mol. The number of carbonyl (C=O) groups excluding carboxylic acids is 1. The number of nitrogens with zero attached hydrogens (tertiary/aromatic N) is 1. The molecule has 2 aliphatic carbocycles. The highest BCUT2D eigenvalue weighted by molar-refractivity contribution is 5.97. The molecule has 2 bridgehead atoms. The minimum Gasteiger partial charge on any atom is -0.327 e. The van der Waals surface area contributed by atoms with E-state index in [0.717, 1.165) is 24.9 Å². The number of fused-ring (bicyclic) bond motifs is 3. The van der Waals surface area contributed by atoms with E-state index in [0.29, 0.717) is 29.8 Å². The second-order valence-electron chi connectivity index (χ2n) is 7.59. The molecule has 2 N–H and O–H groups in total. The molecule has 4 heteroatoms. The van der Waals surface area contributed by atoms with E-state index in [4.69, 9.17) is 5.73 Å². The van der Waals surface area contributed by atoms with Crippen LogP contribution in [0.25, 0.3) is 0 Å². The summed E-state index contributed by atoms with van der Waals surface area (Å²) in [6.07, 6.45) is 6.72. The van der Waals surface area contributed by atoms with Crippen LogP contribution in [0, 0.1) is 17.8 Å². The molecule has 4 rings (SSSR count). The smallest absolute Gasteiger partial charge is 0.230 e. The van der Waals surface area contributed by atoms with Gasteiger partial charge in [0.25, 0.3) is 0 Å². The number of nitrogens with two attached hydrogens (primary N) is 1. The van der Waals surface area contributed by atoms with E-state index in [1.807, 2.05) is 6.07 Å². The number of hydrogen-bond acceptors (Lipinski definition) is 2. The van der Waals surface area contributed by atoms with Crippen LogP contribution in [0.3, 0.4) is 0 Å². The zero-order chi connectivity index (χ0) is 15.3. The standard InChI is InChI=1S/C19H26N2O.ClH/c1-12-9-13-5-2-3-8-17(13)21(12)19(22)16-10-14-6-4-7-15(11-16)18(14)20;/h2-3,5,8,12,14-16,18H,4,6-7,9-11,20H2,1H3;1H. The van der Waals surface area contributed by atoms with Crippen molar-refractivity contribution in [3.05, 3.63) is 29.8 Å². The first-order valence-electron chi connectivity index (χ1n) is 8.81. The van der Waals surface area contributed by atoms with Gasteiger partial charge < -0.3 is 10.6 Å². The van der Waals surface area contributed by atoms with Gasteiger partial charge in [-0.25, -0.2) is 0 Å². The molecule has 3 atom stereocenters. The minimum atomic E-state index is 0. The predicted molar refractivity (Wildman–Crippen MR) is 95.9 cm³/mol. The van der Waals surface area contributed by atoms with Gasteiger partial charge in [-0.3, -0.25) is 4.79 Å². The summed E-state index contributed by atoms with van der Waals surface area (Å²) in [6.45, 7) is 2.17. The molecule has 23 heavy (non-hydrogen) atoms. The fourth-order valence-corrected chi connectivity index (χ4v) is 5.09. The first-order valence-corrected chi connectivity index (χ1v) is 8.81. The highest BCUT2D eigenvalue weighted by Gasteiger charge is 2.43. The molecule has 2 saturated carbocycles. The molecule has 3 unspecified atom stereocenters. The van der Waals surface area contributed by atoms with Gasteiger partial charge in [0.2, 0.25) is 5.91 Å². The van der Waals surface area contributed by atoms with Crippen LogP contribution in [0.5, 0.6) is 0 Å². The van der Waals surface area contributed by atoms with Gasteiger partial charge in [0.1, 0.15) is 0 Å². The summed E-state index contributed by atoms with van der Waals surface area (Å²) in [5.41, 5.74) is 8.83. The Bertz CT molecular complexity index is 576. The van der Waals surface area contributed by atoms with Crippen LogP contribution in [0.1, 0.15) is 44.6 Å². The molecule has 126 valence electrons. The molecule has 0 aromatic heterocycles. The summed E-state index contributed by atoms with van der Waals surface area (Å²) < 4.78 is 0. The topological polar surface area (TPSA) is 46.3 Å². The maximum Gasteiger partial charge on any atom is 0.230 e. The lowest BCUT2D eigenvalue weighted by atomic mass is 9.65. The van der Waals surface area contributed by atoms with Crippen LogP contribution in [0.15, 0.2) is 24.3 Å². The van der Waals surface area contributed by atoms with Gasteiger partial charge in [0.05, 0.1) is 0 Å². The van der Waals surface area contributed by atoms with Gasteiger partial charge in [0.15, 0.2) is 0 Å². The molecule has 1 aromatic carbocycles. The molecule has 1 aromatic rings. The third-order valence-corrected chi connectivity index (χ3v) is 6.21. The molecule has 3 aliphatic rings. The number of amides is 1. The van der Waals surface area contributed by atoms with Crippen molar-refractivity contribution in [1.29, 1.82) is 0 Å². The molecule has 3 nitrogen and oxygen atoms in total. The second kappa shape index (κ2) is 6.45. The molecule has 0 spiro atoms. The summed E-state index contributed by atoms with van der Waals surface area (Å²) in [5, 5.41) is 0. The van der Waals surface area contributed by atoms with Crippen LogP contribution in [0.2, 0.25) is 0 Å². The molecule has 1 aliphatic heterocycles. The summed E-state index contributed by atoms with van der Waals surface area (Å²) in [5.74, 6) is 1.66. The van der Waals surface area contributed by atoms with Crippen molar-refractivity contribution in [3.63, 3.8) is 0 Å². The van der Waals surface area contributed by atoms with Gasteiger partial charge >= 0.3 is 0 Å². The normalized spacial score (nSPS) is 35.4. The quantitative estimate of drug-likeness (QED) is 0.853. The number of rotatable bonds is 1. The molecule has 1 heterocycles. The first-order chi connectivity index (χ1) is 10.6. The minimum absolute atomic E-state index is 0. The van der Waals surface area contributed by atoms with Gasteiger partial charge in [-0.05, 0) is 62.5 Å². The third kappa shape index (κ3) is 2.78. The maximum atomic E-state index is 13.2. The number of halogens is 1. The largest absolute Gasteiger partial charge is 0.327 e. The van der Waals surface area contributed by atoms with Crippen molar-refractivity contribution in [1.82, 2.24) is 0 Å². The Morgan fingerprint density at radius 3 is 2.52 bits per heavy atom. The van der Waals surface area contributed by atoms with Crippen LogP contribution in [-0.4, -0.2) is 18.0 Å². The van der Waals surface area contributed by atoms with Crippen molar-refractivity contribution in [2.24, 2.45) is 23.5 Å². The van der Waals surface area contributed by atoms with E-state index in [2.05, 4.69) is 30.0 Å². The fraction of sp³-hybridized carbons (Fsp3) is 0.632. The number of para-hydroxylation sites is 1. The van der Waals surface area contributed by atoms with E-state index in [1.54, 1.807) is 0 Å². The summed E-state index contributed by atoms with van der Waals surface area (Å²) in [7, 11) is 0. The number of anilines is 1. The predicted octanol–water partition coefficient (Wildman–Crippen LogP) is 3.54. The summed E-state index contributed by atoms with van der Waals surface area (Å²) in [4.78, 5) is 15.3. The average molecular weight is 335 g/mol. The summed E-state index contributed by atoms with van der Waals surface area (Å²) in [6, 6.07) is 9.00. The van der Waals surface area contributed by atoms with Crippen LogP contribution >= 0.6 is 12.4 Å². The van der Waals surface area contributed by atoms with Crippen molar-refractivity contribution < 1.29 is 4.79 Å². The molecule has 0 radical (unpaired) electrons. The summed E-state index contributed by atoms with van der Waals surface area (Å²) >= 11 is 0. The van der Waals surface area contributed by atoms with Crippen LogP contribution < -0.4 is 10.6 Å². The lowest BCUT2D eigenvalue weighted by Crippen LogP contribution is -2.50. The molecule has 2 fully saturated rings. The van der Waals surface area contributed by atoms with E-state index >= 15 is 0 Å². The van der Waals surface area contributed by atoms with E-state index < -0.39 is 0 Å². The Morgan fingerprint density at radius 2 is 1.83 bits per heavy atom. The lowest BCUT2D eigenvalue weighted by Gasteiger charge is -2.44. The van der Waals surface area contributed by atoms with Crippen LogP contribution in [0.4, 0.5) is 5.69 Å². The van der Waals surface area contributed by atoms with Gasteiger partial charge in [-0.2, -0.15) is 0 Å². The number of carbonyl (C=O) groups is 1. The van der Waals surface area contributed by atoms with Crippen molar-refractivity contribution >= 4 is 24.0 Å². The van der Waals surface area contributed by atoms with Crippen molar-refractivity contribution in [2.75, 3.05) is 4.90 Å². The third-order valence-electron chi connectivity index (χ3n) is 6.21. The maximum absolute atomic E-state index is 13.2. The zero-order valence-corrected chi connectivity index (χ0v) is 14.6. The highest BCUT2D eigenvalue weighted by Crippen LogP contribution is 2.44. The van der Waals surface area contributed by atoms with Gasteiger partial charge in [-0.1, -0.05) is 24.6 Å². The Labute approximate surface area is 145 Å². The van der Waals surface area contributed by atoms with E-state index in [-0.39, 0.29) is 18.3 Å². The van der Waals surface area contributed by atoms with Crippen molar-refractivity contribution in [2.45, 2.75) is 57.5 Å².